The Morgan fingerprint density at radius 1 is 1.26 bits per heavy atom. The summed E-state index contributed by atoms with van der Waals surface area (Å²) in [5.41, 5.74) is 4.17. The average Bonchev–Trinajstić information content (AvgIpc) is 2.33. The van der Waals surface area contributed by atoms with Crippen molar-refractivity contribution in [1.82, 2.24) is 15.1 Å². The molecule has 1 aromatic carbocycles. The first-order chi connectivity index (χ1) is 8.99. The van der Waals surface area contributed by atoms with E-state index in [1.165, 1.54) is 16.7 Å². The van der Waals surface area contributed by atoms with Gasteiger partial charge in [-0.05, 0) is 51.7 Å². The molecule has 3 heteroatoms. The molecule has 106 valence electrons. The first-order valence-corrected chi connectivity index (χ1v) is 7.14. The van der Waals surface area contributed by atoms with Crippen LogP contribution in [0.1, 0.15) is 22.7 Å². The van der Waals surface area contributed by atoms with Crippen molar-refractivity contribution < 1.29 is 0 Å². The number of aryl methyl sites for hydroxylation is 2. The van der Waals surface area contributed by atoms with Gasteiger partial charge in [0.2, 0.25) is 0 Å². The number of benzene rings is 1. The van der Waals surface area contributed by atoms with Crippen LogP contribution >= 0.6 is 0 Å². The van der Waals surface area contributed by atoms with Gasteiger partial charge in [0.1, 0.15) is 0 Å². The fourth-order valence-electron chi connectivity index (χ4n) is 2.98. The van der Waals surface area contributed by atoms with Gasteiger partial charge in [0, 0.05) is 25.7 Å². The van der Waals surface area contributed by atoms with Gasteiger partial charge in [-0.2, -0.15) is 0 Å². The first-order valence-electron chi connectivity index (χ1n) is 7.14. The van der Waals surface area contributed by atoms with Crippen LogP contribution in [0.4, 0.5) is 0 Å². The highest BCUT2D eigenvalue weighted by Gasteiger charge is 2.28. The lowest BCUT2D eigenvalue weighted by atomic mass is 9.94. The molecular formula is C16H27N3. The van der Waals surface area contributed by atoms with E-state index in [9.17, 15) is 0 Å². The monoisotopic (exact) mass is 261 g/mol. The van der Waals surface area contributed by atoms with Crippen LogP contribution in [0.25, 0.3) is 0 Å². The summed E-state index contributed by atoms with van der Waals surface area (Å²) in [5.74, 6) is 0. The largest absolute Gasteiger partial charge is 0.310 e. The van der Waals surface area contributed by atoms with Crippen molar-refractivity contribution in [3.05, 3.63) is 34.9 Å². The van der Waals surface area contributed by atoms with Crippen LogP contribution < -0.4 is 5.32 Å². The Hall–Kier alpha value is -0.900. The summed E-state index contributed by atoms with van der Waals surface area (Å²) in [5, 5.41) is 3.68. The van der Waals surface area contributed by atoms with Gasteiger partial charge in [-0.1, -0.05) is 18.2 Å². The summed E-state index contributed by atoms with van der Waals surface area (Å²) in [7, 11) is 6.56. The van der Waals surface area contributed by atoms with Crippen LogP contribution in [-0.4, -0.2) is 56.6 Å². The molecular weight excluding hydrogens is 234 g/mol. The van der Waals surface area contributed by atoms with E-state index >= 15 is 0 Å². The van der Waals surface area contributed by atoms with E-state index < -0.39 is 0 Å². The molecule has 0 aromatic heterocycles. The molecule has 2 rings (SSSR count). The molecule has 0 amide bonds. The van der Waals surface area contributed by atoms with Crippen LogP contribution in [0.2, 0.25) is 0 Å². The van der Waals surface area contributed by atoms with Crippen LogP contribution in [-0.2, 0) is 0 Å². The molecule has 19 heavy (non-hydrogen) atoms. The van der Waals surface area contributed by atoms with Gasteiger partial charge in [0.15, 0.2) is 0 Å². The lowest BCUT2D eigenvalue weighted by Crippen LogP contribution is -2.54. The second kappa shape index (κ2) is 6.04. The van der Waals surface area contributed by atoms with Gasteiger partial charge in [0.25, 0.3) is 0 Å². The SMILES string of the molecule is Cc1ccc(C(C2CN(C)CCN2)N(C)C)cc1C. The quantitative estimate of drug-likeness (QED) is 0.895. The molecule has 2 unspecified atom stereocenters. The molecule has 1 aliphatic rings. The number of hydrogen-bond donors (Lipinski definition) is 1. The number of nitrogens with one attached hydrogen (secondary N) is 1. The first kappa shape index (κ1) is 14.5. The number of likely N-dealkylation sites (N-methyl/N-ethyl adjacent to an activating group) is 2. The van der Waals surface area contributed by atoms with E-state index in [4.69, 9.17) is 0 Å². The summed E-state index contributed by atoms with van der Waals surface area (Å²) in [6.07, 6.45) is 0. The third-order valence-corrected chi connectivity index (χ3v) is 4.22. The third kappa shape index (κ3) is 3.35. The molecule has 1 heterocycles. The van der Waals surface area contributed by atoms with Gasteiger partial charge in [-0.15, -0.1) is 0 Å². The van der Waals surface area contributed by atoms with Gasteiger partial charge >= 0.3 is 0 Å². The van der Waals surface area contributed by atoms with Crippen molar-refractivity contribution in [2.45, 2.75) is 25.9 Å². The van der Waals surface area contributed by atoms with Gasteiger partial charge in [0.05, 0.1) is 6.04 Å². The fourth-order valence-corrected chi connectivity index (χ4v) is 2.98. The Labute approximate surface area is 117 Å². The zero-order valence-corrected chi connectivity index (χ0v) is 12.9. The lowest BCUT2D eigenvalue weighted by molar-refractivity contribution is 0.154. The standard InChI is InChI=1S/C16H27N3/c1-12-6-7-14(10-13(12)2)16(18(3)4)15-11-19(5)9-8-17-15/h6-7,10,15-17H,8-9,11H2,1-5H3. The predicted octanol–water partition coefficient (Wildman–Crippen LogP) is 1.81. The molecule has 0 aliphatic carbocycles. The van der Waals surface area contributed by atoms with E-state index in [0.29, 0.717) is 12.1 Å². The van der Waals surface area contributed by atoms with Gasteiger partial charge in [-0.3, -0.25) is 0 Å². The minimum absolute atomic E-state index is 0.432. The normalized spacial score (nSPS) is 22.7. The second-order valence-corrected chi connectivity index (χ2v) is 6.08. The van der Waals surface area contributed by atoms with E-state index in [0.717, 1.165) is 19.6 Å². The third-order valence-electron chi connectivity index (χ3n) is 4.22. The zero-order chi connectivity index (χ0) is 14.0. The second-order valence-electron chi connectivity index (χ2n) is 6.08. The molecule has 3 nitrogen and oxygen atoms in total. The molecule has 0 bridgehead atoms. The Morgan fingerprint density at radius 3 is 2.58 bits per heavy atom. The highest BCUT2D eigenvalue weighted by molar-refractivity contribution is 5.32. The van der Waals surface area contributed by atoms with Crippen molar-refractivity contribution in [2.24, 2.45) is 0 Å². The Morgan fingerprint density at radius 2 is 2.00 bits per heavy atom. The molecule has 1 N–H and O–H groups in total. The van der Waals surface area contributed by atoms with Crippen LogP contribution in [0, 0.1) is 13.8 Å². The van der Waals surface area contributed by atoms with E-state index in [1.54, 1.807) is 0 Å². The summed E-state index contributed by atoms with van der Waals surface area (Å²) < 4.78 is 0. The minimum Gasteiger partial charge on any atom is -0.310 e. The Kier molecular flexibility index (Phi) is 4.61. The topological polar surface area (TPSA) is 18.5 Å². The molecule has 2 atom stereocenters. The summed E-state index contributed by atoms with van der Waals surface area (Å²) in [4.78, 5) is 4.75. The highest BCUT2D eigenvalue weighted by Crippen LogP contribution is 2.25. The van der Waals surface area contributed by atoms with Crippen molar-refractivity contribution in [3.63, 3.8) is 0 Å². The smallest absolute Gasteiger partial charge is 0.0508 e. The number of hydrogen-bond acceptors (Lipinski definition) is 3. The maximum Gasteiger partial charge on any atom is 0.0508 e. The molecule has 1 saturated heterocycles. The fraction of sp³-hybridized carbons (Fsp3) is 0.625. The molecule has 1 aromatic rings. The number of rotatable bonds is 3. The highest BCUT2D eigenvalue weighted by atomic mass is 15.2. The predicted molar refractivity (Wildman–Crippen MR) is 81.6 cm³/mol. The summed E-state index contributed by atoms with van der Waals surface area (Å²) in [6, 6.07) is 7.80. The minimum atomic E-state index is 0.432. The van der Waals surface area contributed by atoms with Gasteiger partial charge < -0.3 is 15.1 Å². The molecule has 0 saturated carbocycles. The van der Waals surface area contributed by atoms with E-state index in [1.807, 2.05) is 0 Å². The molecule has 1 fully saturated rings. The van der Waals surface area contributed by atoms with Crippen molar-refractivity contribution in [3.8, 4) is 0 Å². The zero-order valence-electron chi connectivity index (χ0n) is 12.9. The Balaban J connectivity index is 2.26. The lowest BCUT2D eigenvalue weighted by Gasteiger charge is -2.39. The summed E-state index contributed by atoms with van der Waals surface area (Å²) >= 11 is 0. The molecule has 1 aliphatic heterocycles. The van der Waals surface area contributed by atoms with Crippen LogP contribution in [0.5, 0.6) is 0 Å². The van der Waals surface area contributed by atoms with Crippen molar-refractivity contribution >= 4 is 0 Å². The average molecular weight is 261 g/mol. The van der Waals surface area contributed by atoms with Gasteiger partial charge in [-0.25, -0.2) is 0 Å². The van der Waals surface area contributed by atoms with E-state index in [2.05, 4.69) is 68.3 Å². The number of piperazine rings is 1. The molecule has 0 spiro atoms. The number of nitrogens with zero attached hydrogens (tertiary/aromatic N) is 2. The van der Waals surface area contributed by atoms with Crippen LogP contribution in [0.15, 0.2) is 18.2 Å². The van der Waals surface area contributed by atoms with Crippen molar-refractivity contribution in [1.29, 1.82) is 0 Å². The maximum atomic E-state index is 3.68. The Bertz CT molecular complexity index is 428. The van der Waals surface area contributed by atoms with E-state index in [-0.39, 0.29) is 0 Å². The van der Waals surface area contributed by atoms with Crippen LogP contribution in [0.3, 0.4) is 0 Å². The molecule has 0 radical (unpaired) electrons. The maximum absolute atomic E-state index is 3.68. The summed E-state index contributed by atoms with van der Waals surface area (Å²) in [6.45, 7) is 7.71. The van der Waals surface area contributed by atoms with Crippen molar-refractivity contribution in [2.75, 3.05) is 40.8 Å².